The number of aliphatic hydroxyl groups excluding tert-OH is 3. The van der Waals surface area contributed by atoms with E-state index in [1.54, 1.807) is 0 Å². The van der Waals surface area contributed by atoms with Crippen LogP contribution in [0.5, 0.6) is 0 Å². The van der Waals surface area contributed by atoms with E-state index in [4.69, 9.17) is 4.74 Å². The third-order valence-electron chi connectivity index (χ3n) is 4.60. The maximum Gasteiger partial charge on any atom is 0.155 e. The molecule has 0 aromatic rings. The fourth-order valence-electron chi connectivity index (χ4n) is 3.46. The first-order valence-corrected chi connectivity index (χ1v) is 7.99. The highest BCUT2D eigenvalue weighted by molar-refractivity contribution is 5.06. The van der Waals surface area contributed by atoms with Gasteiger partial charge in [-0.05, 0) is 12.3 Å². The highest BCUT2D eigenvalue weighted by atomic mass is 16.6. The van der Waals surface area contributed by atoms with Gasteiger partial charge in [0.1, 0.15) is 0 Å². The zero-order valence-electron chi connectivity index (χ0n) is 12.3. The van der Waals surface area contributed by atoms with Crippen molar-refractivity contribution in [3.8, 4) is 0 Å². The molecule has 116 valence electrons. The average molecular weight is 284 g/mol. The summed E-state index contributed by atoms with van der Waals surface area (Å²) >= 11 is 0. The summed E-state index contributed by atoms with van der Waals surface area (Å²) in [7, 11) is 0. The van der Waals surface area contributed by atoms with Crippen molar-refractivity contribution in [1.82, 2.24) is 0 Å². The maximum absolute atomic E-state index is 10.0. The normalized spacial score (nSPS) is 38.5. The Morgan fingerprint density at radius 3 is 2.75 bits per heavy atom. The van der Waals surface area contributed by atoms with Gasteiger partial charge in [-0.3, -0.25) is 0 Å². The molecular formula is C16H28O4. The molecule has 2 rings (SSSR count). The lowest BCUT2D eigenvalue weighted by Crippen LogP contribution is -2.19. The van der Waals surface area contributed by atoms with Crippen LogP contribution in [0.4, 0.5) is 0 Å². The minimum Gasteiger partial charge on any atom is -0.392 e. The van der Waals surface area contributed by atoms with Gasteiger partial charge in [-0.25, -0.2) is 0 Å². The second-order valence-corrected chi connectivity index (χ2v) is 6.21. The molecule has 3 N–H and O–H groups in total. The van der Waals surface area contributed by atoms with E-state index in [1.807, 2.05) is 12.2 Å². The quantitative estimate of drug-likeness (QED) is 0.494. The van der Waals surface area contributed by atoms with Crippen molar-refractivity contribution in [3.05, 3.63) is 12.2 Å². The molecule has 0 amide bonds. The molecule has 0 spiro atoms. The number of hydrogen-bond acceptors (Lipinski definition) is 4. The summed E-state index contributed by atoms with van der Waals surface area (Å²) in [6, 6.07) is 0. The molecule has 6 unspecified atom stereocenters. The topological polar surface area (TPSA) is 69.9 Å². The summed E-state index contributed by atoms with van der Waals surface area (Å²) < 4.78 is 5.38. The molecule has 1 saturated heterocycles. The van der Waals surface area contributed by atoms with E-state index in [0.29, 0.717) is 12.8 Å². The number of ether oxygens (including phenoxy) is 1. The van der Waals surface area contributed by atoms with Gasteiger partial charge in [0.15, 0.2) is 6.29 Å². The van der Waals surface area contributed by atoms with E-state index in [0.717, 1.165) is 19.3 Å². The van der Waals surface area contributed by atoms with Gasteiger partial charge in [0.25, 0.3) is 0 Å². The van der Waals surface area contributed by atoms with Crippen molar-refractivity contribution < 1.29 is 20.1 Å². The number of fused-ring (bicyclic) bond motifs is 1. The Morgan fingerprint density at radius 1 is 1.20 bits per heavy atom. The second kappa shape index (κ2) is 7.55. The van der Waals surface area contributed by atoms with Crippen LogP contribution < -0.4 is 0 Å². The first kappa shape index (κ1) is 16.0. The van der Waals surface area contributed by atoms with Gasteiger partial charge in [-0.2, -0.15) is 0 Å². The minimum atomic E-state index is -0.688. The Labute approximate surface area is 121 Å². The number of unbranched alkanes of at least 4 members (excludes halogenated alkanes) is 3. The third kappa shape index (κ3) is 4.04. The summed E-state index contributed by atoms with van der Waals surface area (Å²) in [5.74, 6) is 0.186. The third-order valence-corrected chi connectivity index (χ3v) is 4.60. The minimum absolute atomic E-state index is 0.00226. The van der Waals surface area contributed by atoms with Crippen LogP contribution in [0.2, 0.25) is 0 Å². The van der Waals surface area contributed by atoms with Crippen molar-refractivity contribution in [2.45, 2.75) is 76.5 Å². The Bertz CT molecular complexity index is 318. The monoisotopic (exact) mass is 284 g/mol. The smallest absolute Gasteiger partial charge is 0.155 e. The zero-order chi connectivity index (χ0) is 14.5. The Morgan fingerprint density at radius 2 is 2.00 bits per heavy atom. The van der Waals surface area contributed by atoms with Crippen molar-refractivity contribution in [2.75, 3.05) is 0 Å². The lowest BCUT2D eigenvalue weighted by molar-refractivity contribution is -0.0949. The standard InChI is InChI=1S/C16H28O4/c1-2-3-4-5-6-11(17)7-8-12-13-9-16(19)20-15(13)10-14(12)18/h7-8,11-19H,2-6,9-10H2,1H3/b8-7+. The molecule has 0 radical (unpaired) electrons. The number of hydrogen-bond donors (Lipinski definition) is 3. The molecule has 1 aliphatic carbocycles. The first-order valence-electron chi connectivity index (χ1n) is 7.99. The van der Waals surface area contributed by atoms with Crippen LogP contribution in [-0.2, 0) is 4.74 Å². The fraction of sp³-hybridized carbons (Fsp3) is 0.875. The van der Waals surface area contributed by atoms with Gasteiger partial charge >= 0.3 is 0 Å². The first-order chi connectivity index (χ1) is 9.61. The summed E-state index contributed by atoms with van der Waals surface area (Å²) in [6.45, 7) is 2.17. The summed E-state index contributed by atoms with van der Waals surface area (Å²) in [4.78, 5) is 0. The Hall–Kier alpha value is -0.420. The molecule has 1 aliphatic heterocycles. The molecular weight excluding hydrogens is 256 g/mol. The van der Waals surface area contributed by atoms with Gasteiger partial charge in [-0.15, -0.1) is 0 Å². The van der Waals surface area contributed by atoms with Crippen molar-refractivity contribution in [1.29, 1.82) is 0 Å². The lowest BCUT2D eigenvalue weighted by atomic mass is 9.91. The molecule has 4 nitrogen and oxygen atoms in total. The maximum atomic E-state index is 10.0. The molecule has 20 heavy (non-hydrogen) atoms. The number of aliphatic hydroxyl groups is 3. The highest BCUT2D eigenvalue weighted by Crippen LogP contribution is 2.43. The molecule has 0 aromatic heterocycles. The molecule has 1 heterocycles. The summed E-state index contributed by atoms with van der Waals surface area (Å²) in [5.41, 5.74) is 0. The Balaban J connectivity index is 1.77. The molecule has 2 aliphatic rings. The molecule has 0 aromatic carbocycles. The highest BCUT2D eigenvalue weighted by Gasteiger charge is 2.47. The second-order valence-electron chi connectivity index (χ2n) is 6.21. The number of rotatable bonds is 7. The van der Waals surface area contributed by atoms with Crippen LogP contribution in [0.3, 0.4) is 0 Å². The molecule has 2 fully saturated rings. The van der Waals surface area contributed by atoms with E-state index in [2.05, 4.69) is 6.92 Å². The van der Waals surface area contributed by atoms with E-state index < -0.39 is 18.5 Å². The largest absolute Gasteiger partial charge is 0.392 e. The van der Waals surface area contributed by atoms with Crippen LogP contribution in [-0.4, -0.2) is 39.9 Å². The van der Waals surface area contributed by atoms with Crippen LogP contribution in [0.1, 0.15) is 51.9 Å². The van der Waals surface area contributed by atoms with Gasteiger partial charge in [0, 0.05) is 18.8 Å². The molecule has 1 saturated carbocycles. The van der Waals surface area contributed by atoms with Gasteiger partial charge in [0.05, 0.1) is 18.3 Å². The van der Waals surface area contributed by atoms with Crippen molar-refractivity contribution >= 4 is 0 Å². The van der Waals surface area contributed by atoms with E-state index in [9.17, 15) is 15.3 Å². The lowest BCUT2D eigenvalue weighted by Gasteiger charge is -2.16. The zero-order valence-corrected chi connectivity index (χ0v) is 12.3. The fourth-order valence-corrected chi connectivity index (χ4v) is 3.46. The molecule has 0 bridgehead atoms. The summed E-state index contributed by atoms with van der Waals surface area (Å²) in [5, 5.41) is 29.5. The van der Waals surface area contributed by atoms with Gasteiger partial charge in [-0.1, -0.05) is 44.8 Å². The van der Waals surface area contributed by atoms with Gasteiger partial charge < -0.3 is 20.1 Å². The molecule has 6 atom stereocenters. The van der Waals surface area contributed by atoms with Crippen LogP contribution in [0.25, 0.3) is 0 Å². The predicted octanol–water partition coefficient (Wildman–Crippen LogP) is 1.98. The SMILES string of the molecule is CCCCCCC(O)/C=C/C1C(O)CC2OC(O)CC21. The van der Waals surface area contributed by atoms with Crippen molar-refractivity contribution in [3.63, 3.8) is 0 Å². The predicted molar refractivity (Wildman–Crippen MR) is 77.0 cm³/mol. The van der Waals surface area contributed by atoms with E-state index in [-0.39, 0.29) is 17.9 Å². The Kier molecular flexibility index (Phi) is 6.02. The summed E-state index contributed by atoms with van der Waals surface area (Å²) in [6.07, 6.45) is 8.77. The van der Waals surface area contributed by atoms with E-state index in [1.165, 1.54) is 12.8 Å². The average Bonchev–Trinajstić information content (AvgIpc) is 2.88. The van der Waals surface area contributed by atoms with Gasteiger partial charge in [0.2, 0.25) is 0 Å². The molecule has 4 heteroatoms. The van der Waals surface area contributed by atoms with Crippen LogP contribution >= 0.6 is 0 Å². The van der Waals surface area contributed by atoms with E-state index >= 15 is 0 Å². The van der Waals surface area contributed by atoms with Crippen LogP contribution in [0.15, 0.2) is 12.2 Å². The van der Waals surface area contributed by atoms with Crippen molar-refractivity contribution in [2.24, 2.45) is 11.8 Å². The van der Waals surface area contributed by atoms with Crippen LogP contribution in [0, 0.1) is 11.8 Å².